The maximum Gasteiger partial charge on any atom is 0.104 e. The highest BCUT2D eigenvalue weighted by Gasteiger charge is 2.34. The molecule has 1 heterocycles. The Balaban J connectivity index is 2.98. The molecule has 0 amide bonds. The van der Waals surface area contributed by atoms with Gasteiger partial charge in [0.25, 0.3) is 0 Å². The van der Waals surface area contributed by atoms with E-state index in [-0.39, 0.29) is 11.5 Å². The van der Waals surface area contributed by atoms with Crippen LogP contribution in [0, 0.1) is 11.3 Å². The van der Waals surface area contributed by atoms with Crippen LogP contribution in [0.25, 0.3) is 0 Å². The summed E-state index contributed by atoms with van der Waals surface area (Å²) < 4.78 is 0. The second kappa shape index (κ2) is 3.09. The van der Waals surface area contributed by atoms with Gasteiger partial charge in [0.15, 0.2) is 0 Å². The van der Waals surface area contributed by atoms with E-state index in [4.69, 9.17) is 5.41 Å². The summed E-state index contributed by atoms with van der Waals surface area (Å²) in [6.45, 7) is 7.81. The minimum absolute atomic E-state index is 0.139. The highest BCUT2D eigenvalue weighted by molar-refractivity contribution is 5.94. The molecule has 0 aromatic heterocycles. The molecular weight excluding hydrogens is 150 g/mol. The quantitative estimate of drug-likeness (QED) is 0.599. The molecule has 3 nitrogen and oxygen atoms in total. The Hall–Kier alpha value is -1.12. The van der Waals surface area contributed by atoms with E-state index < -0.39 is 0 Å². The first-order chi connectivity index (χ1) is 5.64. The van der Waals surface area contributed by atoms with Gasteiger partial charge in [0.2, 0.25) is 0 Å². The summed E-state index contributed by atoms with van der Waals surface area (Å²) in [6.07, 6.45) is 4.30. The fraction of sp³-hybridized carbons (Fsp3) is 0.556. The van der Waals surface area contributed by atoms with Crippen LogP contribution < -0.4 is 5.32 Å². The average molecular weight is 165 g/mol. The molecule has 1 aliphatic heterocycles. The van der Waals surface area contributed by atoms with Crippen molar-refractivity contribution in [3.8, 4) is 0 Å². The fourth-order valence-electron chi connectivity index (χ4n) is 1.54. The Labute approximate surface area is 73.1 Å². The van der Waals surface area contributed by atoms with Gasteiger partial charge in [-0.25, -0.2) is 0 Å². The first kappa shape index (κ1) is 8.97. The summed E-state index contributed by atoms with van der Waals surface area (Å²) in [4.78, 5) is 4.29. The third-order valence-corrected chi connectivity index (χ3v) is 2.44. The van der Waals surface area contributed by atoms with Gasteiger partial charge < -0.3 is 5.32 Å². The van der Waals surface area contributed by atoms with Crippen LogP contribution in [-0.4, -0.2) is 17.7 Å². The second-order valence-corrected chi connectivity index (χ2v) is 3.21. The first-order valence-corrected chi connectivity index (χ1v) is 4.16. The molecule has 0 aromatic rings. The lowest BCUT2D eigenvalue weighted by molar-refractivity contribution is 0.431. The van der Waals surface area contributed by atoms with Crippen molar-refractivity contribution in [3.05, 3.63) is 12.7 Å². The number of hydrogen-bond acceptors (Lipinski definition) is 2. The van der Waals surface area contributed by atoms with Crippen molar-refractivity contribution in [2.24, 2.45) is 10.9 Å². The number of hydrogen-bond donors (Lipinski definition) is 2. The highest BCUT2D eigenvalue weighted by atomic mass is 15.1. The zero-order chi connectivity index (χ0) is 9.19. The Kier molecular flexibility index (Phi) is 2.31. The summed E-state index contributed by atoms with van der Waals surface area (Å²) in [5.41, 5.74) is -0.295. The van der Waals surface area contributed by atoms with Gasteiger partial charge in [-0.1, -0.05) is 13.0 Å². The Morgan fingerprint density at radius 3 is 3.00 bits per heavy atom. The largest absolute Gasteiger partial charge is 0.335 e. The molecule has 3 heteroatoms. The van der Waals surface area contributed by atoms with Crippen LogP contribution in [0.4, 0.5) is 0 Å². The molecule has 66 valence electrons. The molecule has 2 N–H and O–H groups in total. The SMILES string of the molecule is C=C[C@]1(C)N=CNC(=N)C1CC. The number of nitrogens with one attached hydrogen (secondary N) is 2. The van der Waals surface area contributed by atoms with Crippen LogP contribution in [0.3, 0.4) is 0 Å². The maximum absolute atomic E-state index is 7.65. The molecule has 0 radical (unpaired) electrons. The van der Waals surface area contributed by atoms with E-state index in [1.807, 2.05) is 13.0 Å². The zero-order valence-corrected chi connectivity index (χ0v) is 7.59. The van der Waals surface area contributed by atoms with E-state index >= 15 is 0 Å². The van der Waals surface area contributed by atoms with E-state index in [9.17, 15) is 0 Å². The normalized spacial score (nSPS) is 34.5. The van der Waals surface area contributed by atoms with E-state index in [1.165, 1.54) is 0 Å². The predicted octanol–water partition coefficient (Wildman–Crippen LogP) is 1.57. The molecule has 0 saturated carbocycles. The molecule has 0 aromatic carbocycles. The minimum Gasteiger partial charge on any atom is -0.335 e. The van der Waals surface area contributed by atoms with Crippen molar-refractivity contribution >= 4 is 12.2 Å². The third-order valence-electron chi connectivity index (χ3n) is 2.44. The lowest BCUT2D eigenvalue weighted by atomic mass is 9.82. The number of rotatable bonds is 2. The van der Waals surface area contributed by atoms with Gasteiger partial charge in [0.05, 0.1) is 11.9 Å². The summed E-state index contributed by atoms with van der Waals surface area (Å²) >= 11 is 0. The molecule has 1 unspecified atom stereocenters. The first-order valence-electron chi connectivity index (χ1n) is 4.16. The molecule has 12 heavy (non-hydrogen) atoms. The smallest absolute Gasteiger partial charge is 0.104 e. The van der Waals surface area contributed by atoms with Crippen molar-refractivity contribution in [2.45, 2.75) is 25.8 Å². The fourth-order valence-corrected chi connectivity index (χ4v) is 1.54. The van der Waals surface area contributed by atoms with Crippen LogP contribution in [0.1, 0.15) is 20.3 Å². The molecule has 1 aliphatic rings. The Morgan fingerprint density at radius 1 is 1.92 bits per heavy atom. The van der Waals surface area contributed by atoms with Gasteiger partial charge in [-0.05, 0) is 13.3 Å². The van der Waals surface area contributed by atoms with Gasteiger partial charge >= 0.3 is 0 Å². The monoisotopic (exact) mass is 165 g/mol. The molecular formula is C9H15N3. The highest BCUT2D eigenvalue weighted by Crippen LogP contribution is 2.27. The van der Waals surface area contributed by atoms with Gasteiger partial charge in [-0.2, -0.15) is 0 Å². The van der Waals surface area contributed by atoms with Gasteiger partial charge in [0.1, 0.15) is 5.84 Å². The van der Waals surface area contributed by atoms with Gasteiger partial charge in [-0.15, -0.1) is 6.58 Å². The summed E-state index contributed by atoms with van der Waals surface area (Å²) in [5.74, 6) is 0.676. The van der Waals surface area contributed by atoms with Crippen LogP contribution in [-0.2, 0) is 0 Å². The maximum atomic E-state index is 7.65. The van der Waals surface area contributed by atoms with Crippen molar-refractivity contribution in [1.29, 1.82) is 5.41 Å². The zero-order valence-electron chi connectivity index (χ0n) is 7.59. The molecule has 0 spiro atoms. The second-order valence-electron chi connectivity index (χ2n) is 3.21. The molecule has 0 aliphatic carbocycles. The lowest BCUT2D eigenvalue weighted by Crippen LogP contribution is -2.46. The van der Waals surface area contributed by atoms with E-state index in [0.717, 1.165) is 6.42 Å². The predicted molar refractivity (Wildman–Crippen MR) is 51.7 cm³/mol. The lowest BCUT2D eigenvalue weighted by Gasteiger charge is -2.34. The number of amidine groups is 1. The number of aliphatic imine (C=N–C) groups is 1. The molecule has 2 atom stereocenters. The van der Waals surface area contributed by atoms with Crippen molar-refractivity contribution in [2.75, 3.05) is 0 Å². The number of nitrogens with zero attached hydrogens (tertiary/aromatic N) is 1. The summed E-state index contributed by atoms with van der Waals surface area (Å²) in [5, 5.41) is 10.5. The van der Waals surface area contributed by atoms with E-state index in [2.05, 4.69) is 23.8 Å². The molecule has 1 rings (SSSR count). The molecule has 0 bridgehead atoms. The van der Waals surface area contributed by atoms with Crippen LogP contribution >= 0.6 is 0 Å². The van der Waals surface area contributed by atoms with Gasteiger partial charge in [0, 0.05) is 5.92 Å². The van der Waals surface area contributed by atoms with Crippen molar-refractivity contribution < 1.29 is 0 Å². The van der Waals surface area contributed by atoms with Crippen LogP contribution in [0.15, 0.2) is 17.6 Å². The third kappa shape index (κ3) is 1.26. The van der Waals surface area contributed by atoms with Gasteiger partial charge in [-0.3, -0.25) is 10.4 Å². The van der Waals surface area contributed by atoms with Crippen LogP contribution in [0.5, 0.6) is 0 Å². The van der Waals surface area contributed by atoms with Crippen LogP contribution in [0.2, 0.25) is 0 Å². The Morgan fingerprint density at radius 2 is 2.58 bits per heavy atom. The van der Waals surface area contributed by atoms with E-state index in [1.54, 1.807) is 6.34 Å². The van der Waals surface area contributed by atoms with Crippen molar-refractivity contribution in [3.63, 3.8) is 0 Å². The summed E-state index contributed by atoms with van der Waals surface area (Å²) in [6, 6.07) is 0. The van der Waals surface area contributed by atoms with Crippen molar-refractivity contribution in [1.82, 2.24) is 5.32 Å². The Bertz CT molecular complexity index is 232. The average Bonchev–Trinajstić information content (AvgIpc) is 2.05. The summed E-state index contributed by atoms with van der Waals surface area (Å²) in [7, 11) is 0. The minimum atomic E-state index is -0.295. The topological polar surface area (TPSA) is 48.2 Å². The standard InChI is InChI=1S/C9H15N3/c1-4-7-8(10)11-6-12-9(7,3)5-2/h5-7H,2,4H2,1,3H3,(H2,10,11,12)/t7?,9-/m0/s1. The molecule has 0 saturated heterocycles. The molecule has 0 fully saturated rings. The van der Waals surface area contributed by atoms with E-state index in [0.29, 0.717) is 5.84 Å².